The number of amides is 4. The summed E-state index contributed by atoms with van der Waals surface area (Å²) in [6.45, 7) is 0.0497. The van der Waals surface area contributed by atoms with E-state index in [1.54, 1.807) is 73.8 Å². The number of hydrogen-bond acceptors (Lipinski definition) is 7. The van der Waals surface area contributed by atoms with E-state index in [0.29, 0.717) is 44.9 Å². The maximum Gasteiger partial charge on any atom is 0.261 e. The van der Waals surface area contributed by atoms with E-state index in [4.69, 9.17) is 4.74 Å². The maximum atomic E-state index is 14.6. The van der Waals surface area contributed by atoms with Gasteiger partial charge in [0.05, 0.1) is 35.1 Å². The Kier molecular flexibility index (Phi) is 6.37. The number of nitrogens with zero attached hydrogens (tertiary/aromatic N) is 2. The molecule has 0 unspecified atom stereocenters. The molecule has 1 atom stereocenters. The minimum absolute atomic E-state index is 0.0383. The molecule has 5 aromatic rings. The number of Topliss-reactive ketones (excluding diaryl/α,β-unsaturated/α-hetero) is 1. The minimum atomic E-state index is -1.42. The van der Waals surface area contributed by atoms with Crippen LogP contribution in [0.1, 0.15) is 69.5 Å². The van der Waals surface area contributed by atoms with E-state index in [0.717, 1.165) is 16.5 Å². The highest BCUT2D eigenvalue weighted by atomic mass is 16.5. The van der Waals surface area contributed by atoms with Crippen LogP contribution in [0.4, 0.5) is 5.69 Å². The van der Waals surface area contributed by atoms with Crippen LogP contribution in [0.2, 0.25) is 0 Å². The molecule has 0 saturated carbocycles. The normalized spacial score (nSPS) is 18.2. The fourth-order valence-electron chi connectivity index (χ4n) is 7.16. The molecule has 4 amide bonds. The summed E-state index contributed by atoms with van der Waals surface area (Å²) in [7, 11) is 1.54. The van der Waals surface area contributed by atoms with Crippen molar-refractivity contribution in [1.29, 1.82) is 0 Å². The third-order valence-electron chi connectivity index (χ3n) is 9.50. The van der Waals surface area contributed by atoms with Gasteiger partial charge in [-0.25, -0.2) is 0 Å². The van der Waals surface area contributed by atoms with E-state index in [1.165, 1.54) is 9.80 Å². The monoisotopic (exact) mass is 624 g/mol. The van der Waals surface area contributed by atoms with Gasteiger partial charge in [-0.2, -0.15) is 0 Å². The molecule has 10 nitrogen and oxygen atoms in total. The molecule has 4 heterocycles. The van der Waals surface area contributed by atoms with Crippen LogP contribution >= 0.6 is 0 Å². The van der Waals surface area contributed by atoms with Crippen LogP contribution in [0.25, 0.3) is 10.9 Å². The average Bonchev–Trinajstić information content (AvgIpc) is 3.77. The molecule has 0 radical (unpaired) electrons. The molecule has 8 rings (SSSR count). The number of ether oxygens (including phenoxy) is 1. The number of imide groups is 2. The zero-order chi connectivity index (χ0) is 32.4. The quantitative estimate of drug-likeness (QED) is 0.227. The summed E-state index contributed by atoms with van der Waals surface area (Å²) in [6.07, 6.45) is 0.315. The summed E-state index contributed by atoms with van der Waals surface area (Å²) >= 11 is 0. The van der Waals surface area contributed by atoms with Gasteiger partial charge in [0.15, 0.2) is 5.78 Å². The van der Waals surface area contributed by atoms with Gasteiger partial charge in [0.25, 0.3) is 23.6 Å². The zero-order valence-corrected chi connectivity index (χ0v) is 25.3. The van der Waals surface area contributed by atoms with Crippen molar-refractivity contribution < 1.29 is 28.7 Å². The second-order valence-corrected chi connectivity index (χ2v) is 11.9. The molecule has 0 fully saturated rings. The van der Waals surface area contributed by atoms with Gasteiger partial charge in [-0.1, -0.05) is 42.5 Å². The van der Waals surface area contributed by atoms with Crippen molar-refractivity contribution in [2.45, 2.75) is 18.4 Å². The Bertz CT molecular complexity index is 2130. The van der Waals surface area contributed by atoms with Gasteiger partial charge in [-0.3, -0.25) is 33.8 Å². The smallest absolute Gasteiger partial charge is 0.261 e. The summed E-state index contributed by atoms with van der Waals surface area (Å²) in [4.78, 5) is 73.7. The van der Waals surface area contributed by atoms with Gasteiger partial charge in [-0.15, -0.1) is 0 Å². The van der Waals surface area contributed by atoms with Gasteiger partial charge < -0.3 is 15.0 Å². The molecular formula is C37H28N4O6. The van der Waals surface area contributed by atoms with Crippen molar-refractivity contribution >= 4 is 46.0 Å². The van der Waals surface area contributed by atoms with Crippen molar-refractivity contribution in [3.05, 3.63) is 130 Å². The Morgan fingerprint density at radius 1 is 0.660 bits per heavy atom. The molecule has 0 bridgehead atoms. The number of nitrogens with one attached hydrogen (secondary N) is 2. The first-order valence-corrected chi connectivity index (χ1v) is 15.3. The fraction of sp³-hybridized carbons (Fsp3) is 0.162. The standard InChI is InChI=1S/C37H28N4O6/c1-47-21-14-15-28-30(20-21)39-37(32(28)42,17-19-41-35(45)26-11-4-5-12-27(26)36(41)46)31-23(22-8-6-7-13-29(22)38-31)16-18-40-33(43)24-9-2-3-10-25(24)34(40)44/h2-15,20,38-39H,16-19H2,1H3/t37-/m0/s1. The number of rotatable bonds is 8. The lowest BCUT2D eigenvalue weighted by Gasteiger charge is -2.31. The van der Waals surface area contributed by atoms with Gasteiger partial charge >= 0.3 is 0 Å². The van der Waals surface area contributed by atoms with Crippen LogP contribution in [0.3, 0.4) is 0 Å². The van der Waals surface area contributed by atoms with Crippen LogP contribution in [0, 0.1) is 0 Å². The lowest BCUT2D eigenvalue weighted by atomic mass is 9.83. The first-order valence-electron chi connectivity index (χ1n) is 15.3. The van der Waals surface area contributed by atoms with Gasteiger partial charge in [0.1, 0.15) is 11.3 Å². The molecule has 0 aliphatic carbocycles. The predicted octanol–water partition coefficient (Wildman–Crippen LogP) is 5.21. The SMILES string of the molecule is COc1ccc2c(c1)N[C@@](CCN1C(=O)c3ccccc3C1=O)(c1[nH]c3ccccc3c1CCN1C(=O)c3ccccc3C1=O)C2=O. The van der Waals surface area contributed by atoms with Crippen LogP contribution in [0.5, 0.6) is 5.75 Å². The van der Waals surface area contributed by atoms with Crippen LogP contribution < -0.4 is 10.1 Å². The zero-order valence-electron chi connectivity index (χ0n) is 25.3. The third kappa shape index (κ3) is 4.14. The topological polar surface area (TPSA) is 129 Å². The van der Waals surface area contributed by atoms with E-state index in [1.807, 2.05) is 24.3 Å². The summed E-state index contributed by atoms with van der Waals surface area (Å²) in [5, 5.41) is 4.30. The highest BCUT2D eigenvalue weighted by Gasteiger charge is 2.50. The van der Waals surface area contributed by atoms with E-state index >= 15 is 0 Å². The largest absolute Gasteiger partial charge is 0.497 e. The number of aromatic nitrogens is 1. The van der Waals surface area contributed by atoms with Crippen molar-refractivity contribution in [2.75, 3.05) is 25.5 Å². The first kappa shape index (κ1) is 28.4. The molecule has 3 aliphatic rings. The molecular weight excluding hydrogens is 596 g/mol. The third-order valence-corrected chi connectivity index (χ3v) is 9.50. The van der Waals surface area contributed by atoms with Crippen molar-refractivity contribution in [2.24, 2.45) is 0 Å². The second-order valence-electron chi connectivity index (χ2n) is 11.9. The molecule has 0 spiro atoms. The molecule has 3 aliphatic heterocycles. The molecule has 10 heteroatoms. The van der Waals surface area contributed by atoms with Gasteiger partial charge in [0.2, 0.25) is 0 Å². The average molecular weight is 625 g/mol. The lowest BCUT2D eigenvalue weighted by Crippen LogP contribution is -2.44. The van der Waals surface area contributed by atoms with Crippen LogP contribution in [-0.4, -0.2) is 64.4 Å². The van der Waals surface area contributed by atoms with E-state index in [9.17, 15) is 24.0 Å². The number of hydrogen-bond donors (Lipinski definition) is 2. The molecule has 47 heavy (non-hydrogen) atoms. The highest BCUT2D eigenvalue weighted by Crippen LogP contribution is 2.46. The number of carbonyl (C=O) groups excluding carboxylic acids is 5. The number of benzene rings is 4. The second kappa shape index (κ2) is 10.5. The Morgan fingerprint density at radius 2 is 1.21 bits per heavy atom. The van der Waals surface area contributed by atoms with Gasteiger partial charge in [0, 0.05) is 47.7 Å². The summed E-state index contributed by atoms with van der Waals surface area (Å²) in [6, 6.07) is 26.2. The summed E-state index contributed by atoms with van der Waals surface area (Å²) in [5.74, 6) is -1.22. The van der Waals surface area contributed by atoms with Crippen molar-refractivity contribution in [1.82, 2.24) is 14.8 Å². The van der Waals surface area contributed by atoms with Crippen LogP contribution in [0.15, 0.2) is 91.0 Å². The molecule has 0 saturated heterocycles. The number of ketones is 1. The number of H-pyrrole nitrogens is 1. The first-order chi connectivity index (χ1) is 22.8. The predicted molar refractivity (Wildman–Crippen MR) is 173 cm³/mol. The summed E-state index contributed by atoms with van der Waals surface area (Å²) < 4.78 is 5.44. The Balaban J connectivity index is 1.21. The fourth-order valence-corrected chi connectivity index (χ4v) is 7.16. The molecule has 2 N–H and O–H groups in total. The van der Waals surface area contributed by atoms with Crippen molar-refractivity contribution in [3.8, 4) is 5.75 Å². The molecule has 1 aromatic heterocycles. The van der Waals surface area contributed by atoms with Gasteiger partial charge in [-0.05, 0) is 54.4 Å². The number of aromatic amines is 1. The Labute approximate surface area is 268 Å². The Hall–Kier alpha value is -6.03. The number of para-hydroxylation sites is 1. The highest BCUT2D eigenvalue weighted by molar-refractivity contribution is 6.22. The number of anilines is 1. The maximum absolute atomic E-state index is 14.6. The Morgan fingerprint density at radius 3 is 1.81 bits per heavy atom. The molecule has 232 valence electrons. The van der Waals surface area contributed by atoms with E-state index in [2.05, 4.69) is 10.3 Å². The van der Waals surface area contributed by atoms with Crippen LogP contribution in [-0.2, 0) is 12.0 Å². The minimum Gasteiger partial charge on any atom is -0.497 e. The number of methoxy groups -OCH3 is 1. The van der Waals surface area contributed by atoms with E-state index in [-0.39, 0.29) is 43.5 Å². The number of carbonyl (C=O) groups is 5. The lowest BCUT2D eigenvalue weighted by molar-refractivity contribution is 0.0629. The van der Waals surface area contributed by atoms with E-state index < -0.39 is 17.4 Å². The van der Waals surface area contributed by atoms with Crippen molar-refractivity contribution in [3.63, 3.8) is 0 Å². The molecule has 4 aromatic carbocycles. The number of fused-ring (bicyclic) bond motifs is 4. The summed E-state index contributed by atoms with van der Waals surface area (Å²) in [5.41, 5.74) is 3.04.